The fourth-order valence-electron chi connectivity index (χ4n) is 2.36. The summed E-state index contributed by atoms with van der Waals surface area (Å²) in [7, 11) is 1.64. The number of amides is 2. The number of aromatic nitrogens is 2. The average molecular weight is 346 g/mol. The molecule has 0 saturated carbocycles. The Kier molecular flexibility index (Phi) is 5.99. The number of carbonyl (C=O) groups is 2. The number of anilines is 2. The molecule has 1 aromatic carbocycles. The molecule has 1 aromatic heterocycles. The maximum absolute atomic E-state index is 12.4. The van der Waals surface area contributed by atoms with Gasteiger partial charge in [-0.05, 0) is 32.9 Å². The molecule has 8 nitrogen and oxygen atoms in total. The lowest BCUT2D eigenvalue weighted by molar-refractivity contribution is 0.0526. The maximum atomic E-state index is 12.4. The number of benzene rings is 1. The first-order valence-corrected chi connectivity index (χ1v) is 7.98. The van der Waals surface area contributed by atoms with E-state index in [2.05, 4.69) is 15.7 Å². The van der Waals surface area contributed by atoms with Crippen molar-refractivity contribution in [1.29, 1.82) is 0 Å². The lowest BCUT2D eigenvalue weighted by Crippen LogP contribution is -2.23. The number of nitrogens with zero attached hydrogens (tertiary/aromatic N) is 2. The van der Waals surface area contributed by atoms with Gasteiger partial charge in [0.1, 0.15) is 17.1 Å². The highest BCUT2D eigenvalue weighted by molar-refractivity contribution is 6.05. The van der Waals surface area contributed by atoms with Gasteiger partial charge in [-0.3, -0.25) is 10.00 Å². The first-order valence-electron chi connectivity index (χ1n) is 7.98. The summed E-state index contributed by atoms with van der Waals surface area (Å²) in [4.78, 5) is 24.5. The molecule has 0 fully saturated rings. The van der Waals surface area contributed by atoms with E-state index >= 15 is 0 Å². The molecule has 2 aromatic rings. The molecular formula is C17H22N4O4. The molecule has 2 amide bonds. The molecule has 2 rings (SSSR count). The predicted molar refractivity (Wildman–Crippen MR) is 94.2 cm³/mol. The highest BCUT2D eigenvalue weighted by Crippen LogP contribution is 2.25. The molecule has 0 atom stereocenters. The van der Waals surface area contributed by atoms with E-state index in [0.29, 0.717) is 23.7 Å². The molecule has 0 radical (unpaired) electrons. The monoisotopic (exact) mass is 346 g/mol. The number of esters is 1. The molecule has 0 aliphatic rings. The second kappa shape index (κ2) is 8.18. The molecule has 8 heteroatoms. The molecule has 0 aliphatic heterocycles. The van der Waals surface area contributed by atoms with Crippen LogP contribution in [-0.2, 0) is 11.8 Å². The summed E-state index contributed by atoms with van der Waals surface area (Å²) in [5.41, 5.74) is 1.24. The van der Waals surface area contributed by atoms with Crippen LogP contribution in [0.25, 0.3) is 0 Å². The van der Waals surface area contributed by atoms with Gasteiger partial charge in [0.25, 0.3) is 0 Å². The first-order chi connectivity index (χ1) is 12.0. The van der Waals surface area contributed by atoms with E-state index < -0.39 is 12.0 Å². The zero-order chi connectivity index (χ0) is 18.4. The zero-order valence-corrected chi connectivity index (χ0v) is 14.8. The summed E-state index contributed by atoms with van der Waals surface area (Å²) in [5.74, 6) is 0.299. The lowest BCUT2D eigenvalue weighted by atomic mass is 10.2. The van der Waals surface area contributed by atoms with Crippen molar-refractivity contribution in [3.8, 4) is 5.75 Å². The van der Waals surface area contributed by atoms with E-state index in [-0.39, 0.29) is 18.0 Å². The van der Waals surface area contributed by atoms with Crippen molar-refractivity contribution < 1.29 is 19.1 Å². The van der Waals surface area contributed by atoms with E-state index in [4.69, 9.17) is 9.47 Å². The van der Waals surface area contributed by atoms with Crippen LogP contribution >= 0.6 is 0 Å². The van der Waals surface area contributed by atoms with Crippen LogP contribution < -0.4 is 15.4 Å². The number of hydrogen-bond acceptors (Lipinski definition) is 5. The van der Waals surface area contributed by atoms with Crippen molar-refractivity contribution >= 4 is 23.5 Å². The van der Waals surface area contributed by atoms with E-state index in [1.54, 1.807) is 39.1 Å². The minimum absolute atomic E-state index is 0.234. The smallest absolute Gasteiger partial charge is 0.343 e. The van der Waals surface area contributed by atoms with Gasteiger partial charge < -0.3 is 14.8 Å². The molecule has 1 heterocycles. The van der Waals surface area contributed by atoms with Crippen LogP contribution in [0.2, 0.25) is 0 Å². The van der Waals surface area contributed by atoms with Crippen molar-refractivity contribution in [3.63, 3.8) is 0 Å². The van der Waals surface area contributed by atoms with Gasteiger partial charge in [-0.2, -0.15) is 5.10 Å². The van der Waals surface area contributed by atoms with Crippen LogP contribution in [0.5, 0.6) is 5.75 Å². The second-order valence-electron chi connectivity index (χ2n) is 5.16. The van der Waals surface area contributed by atoms with Crippen LogP contribution in [-0.4, -0.2) is 35.0 Å². The normalized spacial score (nSPS) is 10.2. The summed E-state index contributed by atoms with van der Waals surface area (Å²) < 4.78 is 11.9. The summed E-state index contributed by atoms with van der Waals surface area (Å²) in [6, 6.07) is 6.58. The largest absolute Gasteiger partial charge is 0.492 e. The van der Waals surface area contributed by atoms with Crippen LogP contribution in [0.15, 0.2) is 24.3 Å². The Morgan fingerprint density at radius 1 is 1.16 bits per heavy atom. The minimum atomic E-state index is -0.530. The van der Waals surface area contributed by atoms with Crippen LogP contribution in [0.1, 0.15) is 29.9 Å². The van der Waals surface area contributed by atoms with Gasteiger partial charge in [0.05, 0.1) is 24.6 Å². The van der Waals surface area contributed by atoms with Gasteiger partial charge in [-0.25, -0.2) is 9.59 Å². The van der Waals surface area contributed by atoms with Crippen molar-refractivity contribution in [2.24, 2.45) is 7.05 Å². The Bertz CT molecular complexity index is 770. The Hall–Kier alpha value is -3.03. The number of urea groups is 1. The first kappa shape index (κ1) is 18.3. The molecule has 25 heavy (non-hydrogen) atoms. The van der Waals surface area contributed by atoms with E-state index in [0.717, 1.165) is 0 Å². The summed E-state index contributed by atoms with van der Waals surface area (Å²) in [6.07, 6.45) is 0. The Labute approximate surface area is 146 Å². The summed E-state index contributed by atoms with van der Waals surface area (Å²) >= 11 is 0. The fraction of sp³-hybridized carbons (Fsp3) is 0.353. The third kappa shape index (κ3) is 4.28. The van der Waals surface area contributed by atoms with Gasteiger partial charge in [0.2, 0.25) is 0 Å². The topological polar surface area (TPSA) is 94.5 Å². The molecule has 0 unspecified atom stereocenters. The maximum Gasteiger partial charge on any atom is 0.343 e. The van der Waals surface area contributed by atoms with Gasteiger partial charge in [-0.1, -0.05) is 12.1 Å². The number of carbonyl (C=O) groups excluding carboxylic acids is 2. The van der Waals surface area contributed by atoms with Gasteiger partial charge in [-0.15, -0.1) is 0 Å². The van der Waals surface area contributed by atoms with Gasteiger partial charge in [0, 0.05) is 7.05 Å². The molecule has 2 N–H and O–H groups in total. The lowest BCUT2D eigenvalue weighted by Gasteiger charge is -2.13. The Morgan fingerprint density at radius 2 is 1.88 bits per heavy atom. The van der Waals surface area contributed by atoms with Crippen molar-refractivity contribution in [3.05, 3.63) is 35.5 Å². The summed E-state index contributed by atoms with van der Waals surface area (Å²) in [5, 5.41) is 9.53. The Morgan fingerprint density at radius 3 is 2.56 bits per heavy atom. The second-order valence-corrected chi connectivity index (χ2v) is 5.16. The highest BCUT2D eigenvalue weighted by Gasteiger charge is 2.23. The molecule has 134 valence electrons. The van der Waals surface area contributed by atoms with Gasteiger partial charge in [0.15, 0.2) is 0 Å². The third-order valence-electron chi connectivity index (χ3n) is 3.37. The fourth-order valence-corrected chi connectivity index (χ4v) is 2.36. The molecular weight excluding hydrogens is 324 g/mol. The van der Waals surface area contributed by atoms with Gasteiger partial charge >= 0.3 is 12.0 Å². The summed E-state index contributed by atoms with van der Waals surface area (Å²) in [6.45, 7) is 5.98. The number of ether oxygens (including phenoxy) is 2. The van der Waals surface area contributed by atoms with Crippen LogP contribution in [0, 0.1) is 6.92 Å². The standard InChI is InChI=1S/C17H22N4O4/c1-5-24-13-10-8-7-9-12(13)18-17(23)19-15-14(16(22)25-6-2)11(3)20-21(15)4/h7-10H,5-6H2,1-4H3,(H2,18,19,23). The van der Waals surface area contributed by atoms with E-state index in [9.17, 15) is 9.59 Å². The number of rotatable bonds is 6. The van der Waals surface area contributed by atoms with E-state index in [1.807, 2.05) is 13.0 Å². The number of para-hydroxylation sites is 2. The number of hydrogen-bond donors (Lipinski definition) is 2. The van der Waals surface area contributed by atoms with Crippen molar-refractivity contribution in [1.82, 2.24) is 9.78 Å². The molecule has 0 aliphatic carbocycles. The average Bonchev–Trinajstić information content (AvgIpc) is 2.83. The SMILES string of the molecule is CCOC(=O)c1c(C)nn(C)c1NC(=O)Nc1ccccc1OCC. The van der Waals surface area contributed by atoms with E-state index in [1.165, 1.54) is 4.68 Å². The Balaban J connectivity index is 2.20. The molecule has 0 bridgehead atoms. The number of nitrogens with one attached hydrogen (secondary N) is 2. The molecule has 0 spiro atoms. The quantitative estimate of drug-likeness (QED) is 0.784. The highest BCUT2D eigenvalue weighted by atomic mass is 16.5. The van der Waals surface area contributed by atoms with Crippen molar-refractivity contribution in [2.45, 2.75) is 20.8 Å². The van der Waals surface area contributed by atoms with Crippen molar-refractivity contribution in [2.75, 3.05) is 23.8 Å². The van der Waals surface area contributed by atoms with Crippen LogP contribution in [0.4, 0.5) is 16.3 Å². The third-order valence-corrected chi connectivity index (χ3v) is 3.37. The van der Waals surface area contributed by atoms with Crippen LogP contribution in [0.3, 0.4) is 0 Å². The number of aryl methyl sites for hydroxylation is 2. The molecule has 0 saturated heterocycles. The zero-order valence-electron chi connectivity index (χ0n) is 14.8. The predicted octanol–water partition coefficient (Wildman–Crippen LogP) is 2.95. The minimum Gasteiger partial charge on any atom is -0.492 e.